The van der Waals surface area contributed by atoms with Gasteiger partial charge in [-0.25, -0.2) is 0 Å². The zero-order valence-corrected chi connectivity index (χ0v) is 10.9. The summed E-state index contributed by atoms with van der Waals surface area (Å²) in [6.07, 6.45) is 2.06. The summed E-state index contributed by atoms with van der Waals surface area (Å²) in [6.45, 7) is 3.37. The Hall–Kier alpha value is 1.23. The van der Waals surface area contributed by atoms with E-state index in [0.717, 1.165) is 12.4 Å². The summed E-state index contributed by atoms with van der Waals surface area (Å²) >= 11 is 1.78. The molecule has 12 heavy (non-hydrogen) atoms. The maximum absolute atomic E-state index is 5.23. The largest absolute Gasteiger partial charge is 1.00 e. The summed E-state index contributed by atoms with van der Waals surface area (Å²) in [6, 6.07) is 0. The zero-order chi connectivity index (χ0) is 8.36. The first-order valence-electron chi connectivity index (χ1n) is 3.76. The van der Waals surface area contributed by atoms with E-state index in [-0.39, 0.29) is 29.6 Å². The molecule has 0 aromatic rings. The minimum absolute atomic E-state index is 0. The van der Waals surface area contributed by atoms with E-state index in [1.807, 2.05) is 0 Å². The van der Waals surface area contributed by atoms with Gasteiger partial charge >= 0.3 is 29.6 Å². The quantitative estimate of drug-likeness (QED) is 0.345. The van der Waals surface area contributed by atoms with Crippen LogP contribution in [0.1, 0.15) is 0 Å². The predicted molar refractivity (Wildman–Crippen MR) is 49.1 cm³/mol. The Morgan fingerprint density at radius 2 is 1.67 bits per heavy atom. The van der Waals surface area contributed by atoms with Crippen molar-refractivity contribution in [3.8, 4) is 0 Å². The molecular formula is C7H17NNaO2S+. The molecule has 0 fully saturated rings. The van der Waals surface area contributed by atoms with Crippen LogP contribution in [0, 0.1) is 0 Å². The molecule has 3 nitrogen and oxygen atoms in total. The monoisotopic (exact) mass is 202 g/mol. The number of hydrogen-bond donors (Lipinski definition) is 1. The molecule has 68 valence electrons. The third-order valence-electron chi connectivity index (χ3n) is 1.07. The van der Waals surface area contributed by atoms with Crippen molar-refractivity contribution < 1.29 is 39.0 Å². The van der Waals surface area contributed by atoms with Crippen molar-refractivity contribution in [1.29, 1.82) is 0 Å². The topological polar surface area (TPSA) is 44.5 Å². The molecule has 0 spiro atoms. The minimum Gasteiger partial charge on any atom is -0.378 e. The number of nitrogens with two attached hydrogens (primary N) is 1. The average Bonchev–Trinajstić information content (AvgIpc) is 2.03. The molecule has 0 aliphatic rings. The van der Waals surface area contributed by atoms with Crippen LogP contribution in [0.15, 0.2) is 0 Å². The SMILES string of the molecule is CSCCOCCOCCN.[Na+]. The van der Waals surface area contributed by atoms with Gasteiger partial charge in [-0.1, -0.05) is 0 Å². The maximum Gasteiger partial charge on any atom is 1.00 e. The number of ether oxygens (including phenoxy) is 2. The molecule has 0 saturated heterocycles. The van der Waals surface area contributed by atoms with Gasteiger partial charge in [-0.05, 0) is 6.26 Å². The summed E-state index contributed by atoms with van der Waals surface area (Å²) in [5.41, 5.74) is 5.22. The zero-order valence-electron chi connectivity index (χ0n) is 8.04. The van der Waals surface area contributed by atoms with E-state index in [1.54, 1.807) is 11.8 Å². The van der Waals surface area contributed by atoms with Gasteiger partial charge in [-0.15, -0.1) is 0 Å². The van der Waals surface area contributed by atoms with Crippen molar-refractivity contribution in [1.82, 2.24) is 0 Å². The standard InChI is InChI=1S/C7H17NO2S.Na/c1-11-7-6-10-5-4-9-3-2-8;/h2-8H2,1H3;/q;+1. The number of thioether (sulfide) groups is 1. The Morgan fingerprint density at radius 1 is 1.08 bits per heavy atom. The summed E-state index contributed by atoms with van der Waals surface area (Å²) in [7, 11) is 0. The second-order valence-electron chi connectivity index (χ2n) is 2.01. The van der Waals surface area contributed by atoms with Crippen molar-refractivity contribution in [2.24, 2.45) is 5.73 Å². The van der Waals surface area contributed by atoms with Crippen LogP contribution >= 0.6 is 11.8 Å². The minimum atomic E-state index is 0. The van der Waals surface area contributed by atoms with Crippen molar-refractivity contribution in [2.75, 3.05) is 45.0 Å². The third-order valence-corrected chi connectivity index (χ3v) is 1.64. The molecule has 0 amide bonds. The smallest absolute Gasteiger partial charge is 0.378 e. The first-order valence-corrected chi connectivity index (χ1v) is 5.15. The fourth-order valence-corrected chi connectivity index (χ4v) is 0.832. The van der Waals surface area contributed by atoms with Crippen LogP contribution in [0.4, 0.5) is 0 Å². The molecule has 0 rings (SSSR count). The van der Waals surface area contributed by atoms with Crippen LogP contribution in [-0.4, -0.2) is 45.0 Å². The first kappa shape index (κ1) is 15.7. The summed E-state index contributed by atoms with van der Waals surface area (Å²) in [5.74, 6) is 1.05. The van der Waals surface area contributed by atoms with E-state index in [1.165, 1.54) is 0 Å². The van der Waals surface area contributed by atoms with Crippen molar-refractivity contribution >= 4 is 11.8 Å². The first-order chi connectivity index (χ1) is 5.41. The summed E-state index contributed by atoms with van der Waals surface area (Å²) in [4.78, 5) is 0. The molecule has 0 aliphatic carbocycles. The van der Waals surface area contributed by atoms with Crippen molar-refractivity contribution in [3.05, 3.63) is 0 Å². The molecule has 0 aliphatic heterocycles. The molecule has 0 bridgehead atoms. The Labute approximate surface area is 101 Å². The molecule has 0 aromatic carbocycles. The van der Waals surface area contributed by atoms with E-state index in [9.17, 15) is 0 Å². The van der Waals surface area contributed by atoms with Gasteiger partial charge in [-0.3, -0.25) is 0 Å². The van der Waals surface area contributed by atoms with Crippen LogP contribution in [0.2, 0.25) is 0 Å². The predicted octanol–water partition coefficient (Wildman–Crippen LogP) is -2.65. The van der Waals surface area contributed by atoms with Gasteiger partial charge in [0.1, 0.15) is 0 Å². The van der Waals surface area contributed by atoms with E-state index >= 15 is 0 Å². The van der Waals surface area contributed by atoms with Crippen LogP contribution in [0.5, 0.6) is 0 Å². The average molecular weight is 202 g/mol. The van der Waals surface area contributed by atoms with E-state index in [0.29, 0.717) is 26.4 Å². The third kappa shape index (κ3) is 13.8. The molecule has 2 N–H and O–H groups in total. The maximum atomic E-state index is 5.23. The van der Waals surface area contributed by atoms with Gasteiger partial charge in [0.2, 0.25) is 0 Å². The van der Waals surface area contributed by atoms with Crippen molar-refractivity contribution in [3.63, 3.8) is 0 Å². The molecular weight excluding hydrogens is 185 g/mol. The molecule has 0 unspecified atom stereocenters. The fraction of sp³-hybridized carbons (Fsp3) is 1.00. The fourth-order valence-electron chi connectivity index (χ4n) is 0.548. The Bertz CT molecular complexity index is 70.4. The molecule has 5 heteroatoms. The Kier molecular flexibility index (Phi) is 19.3. The van der Waals surface area contributed by atoms with Crippen LogP contribution < -0.4 is 35.3 Å². The summed E-state index contributed by atoms with van der Waals surface area (Å²) < 4.78 is 10.3. The second kappa shape index (κ2) is 14.7. The van der Waals surface area contributed by atoms with E-state index < -0.39 is 0 Å². The van der Waals surface area contributed by atoms with Gasteiger partial charge in [0.25, 0.3) is 0 Å². The van der Waals surface area contributed by atoms with Gasteiger partial charge in [0, 0.05) is 12.3 Å². The van der Waals surface area contributed by atoms with Gasteiger partial charge in [0.15, 0.2) is 0 Å². The van der Waals surface area contributed by atoms with Crippen LogP contribution in [-0.2, 0) is 9.47 Å². The molecule has 0 radical (unpaired) electrons. The summed E-state index contributed by atoms with van der Waals surface area (Å²) in [5, 5.41) is 0. The van der Waals surface area contributed by atoms with Gasteiger partial charge in [-0.2, -0.15) is 11.8 Å². The number of hydrogen-bond acceptors (Lipinski definition) is 4. The molecule has 0 atom stereocenters. The van der Waals surface area contributed by atoms with Crippen LogP contribution in [0.3, 0.4) is 0 Å². The van der Waals surface area contributed by atoms with Gasteiger partial charge < -0.3 is 15.2 Å². The molecule has 0 heterocycles. The number of rotatable bonds is 8. The molecule has 0 aromatic heterocycles. The van der Waals surface area contributed by atoms with Crippen molar-refractivity contribution in [2.45, 2.75) is 0 Å². The van der Waals surface area contributed by atoms with Crippen LogP contribution in [0.25, 0.3) is 0 Å². The normalized spacial score (nSPS) is 9.50. The Balaban J connectivity index is 0. The van der Waals surface area contributed by atoms with E-state index in [4.69, 9.17) is 15.2 Å². The Morgan fingerprint density at radius 3 is 2.17 bits per heavy atom. The molecule has 0 saturated carbocycles. The second-order valence-corrected chi connectivity index (χ2v) is 2.99. The van der Waals surface area contributed by atoms with Gasteiger partial charge in [0.05, 0.1) is 26.4 Å². The van der Waals surface area contributed by atoms with E-state index in [2.05, 4.69) is 6.26 Å².